The van der Waals surface area contributed by atoms with Crippen LogP contribution in [-0.4, -0.2) is 39.0 Å². The third-order valence-corrected chi connectivity index (χ3v) is 4.33. The Morgan fingerprint density at radius 1 is 1.21 bits per heavy atom. The minimum absolute atomic E-state index is 0. The molecule has 0 radical (unpaired) electrons. The summed E-state index contributed by atoms with van der Waals surface area (Å²) in [5.41, 5.74) is 6.64. The molecule has 0 saturated carbocycles. The number of rotatable bonds is 6. The Morgan fingerprint density at radius 2 is 1.86 bits per heavy atom. The molecule has 0 atom stereocenters. The number of carbonyl (C=O) groups is 1. The van der Waals surface area contributed by atoms with Gasteiger partial charge in [0.2, 0.25) is 0 Å². The fourth-order valence-corrected chi connectivity index (χ4v) is 2.93. The number of hydrogen-bond acceptors (Lipinski definition) is 4. The van der Waals surface area contributed by atoms with Crippen molar-refractivity contribution in [2.24, 2.45) is 12.8 Å². The van der Waals surface area contributed by atoms with Crippen molar-refractivity contribution in [2.75, 3.05) is 13.7 Å². The highest BCUT2D eigenvalue weighted by atomic mass is 35.5. The van der Waals surface area contributed by atoms with Crippen LogP contribution in [0.15, 0.2) is 24.5 Å². The quantitative estimate of drug-likeness (QED) is 0.675. The highest BCUT2D eigenvalue weighted by Gasteiger charge is 2.21. The van der Waals surface area contributed by atoms with Gasteiger partial charge in [-0.05, 0) is 13.0 Å². The van der Waals surface area contributed by atoms with Crippen LogP contribution in [0.25, 0.3) is 22.4 Å². The first-order chi connectivity index (χ1) is 12.8. The summed E-state index contributed by atoms with van der Waals surface area (Å²) in [6.07, 6.45) is 2.94. The van der Waals surface area contributed by atoms with Crippen molar-refractivity contribution in [3.63, 3.8) is 0 Å². The second-order valence-electron chi connectivity index (χ2n) is 6.06. The molecule has 0 unspecified atom stereocenters. The van der Waals surface area contributed by atoms with Gasteiger partial charge >= 0.3 is 0 Å². The molecule has 1 aromatic carbocycles. The number of benzene rings is 1. The van der Waals surface area contributed by atoms with Crippen molar-refractivity contribution in [3.05, 3.63) is 47.7 Å². The maximum atomic E-state index is 14.8. The summed E-state index contributed by atoms with van der Waals surface area (Å²) >= 11 is 0. The summed E-state index contributed by atoms with van der Waals surface area (Å²) in [6, 6.07) is 2.93. The summed E-state index contributed by atoms with van der Waals surface area (Å²) in [5.74, 6) is -2.82. The number of aromatic nitrogens is 4. The molecule has 0 fully saturated rings. The molecule has 2 heterocycles. The molecule has 3 aromatic rings. The SMILES string of the molecule is COCCn1cc(-c2ccc(-c3cnc(C(N)=O)n3C)c(F)c2F)c(C)n1.Cl. The topological polar surface area (TPSA) is 88.0 Å². The van der Waals surface area contributed by atoms with Crippen LogP contribution in [0.1, 0.15) is 16.3 Å². The summed E-state index contributed by atoms with van der Waals surface area (Å²) in [5, 5.41) is 4.29. The molecule has 0 saturated heterocycles. The van der Waals surface area contributed by atoms with Crippen LogP contribution < -0.4 is 5.73 Å². The molecule has 28 heavy (non-hydrogen) atoms. The van der Waals surface area contributed by atoms with E-state index in [-0.39, 0.29) is 35.1 Å². The third kappa shape index (κ3) is 3.76. The molecule has 0 bridgehead atoms. The largest absolute Gasteiger partial charge is 0.383 e. The van der Waals surface area contributed by atoms with Crippen molar-refractivity contribution in [2.45, 2.75) is 13.5 Å². The molecular weight excluding hydrogens is 392 g/mol. The molecular formula is C18H20ClF2N5O2. The van der Waals surface area contributed by atoms with Crippen LogP contribution in [0.5, 0.6) is 0 Å². The average Bonchev–Trinajstić information content (AvgIpc) is 3.18. The summed E-state index contributed by atoms with van der Waals surface area (Å²) in [7, 11) is 3.09. The molecule has 0 aliphatic heterocycles. The fourth-order valence-electron chi connectivity index (χ4n) is 2.93. The first-order valence-electron chi connectivity index (χ1n) is 8.18. The normalized spacial score (nSPS) is 10.8. The number of carbonyl (C=O) groups excluding carboxylic acids is 1. The minimum atomic E-state index is -1.03. The van der Waals surface area contributed by atoms with Gasteiger partial charge in [0.1, 0.15) is 0 Å². The number of ether oxygens (including phenoxy) is 1. The van der Waals surface area contributed by atoms with E-state index in [2.05, 4.69) is 10.1 Å². The monoisotopic (exact) mass is 411 g/mol. The molecule has 150 valence electrons. The second-order valence-corrected chi connectivity index (χ2v) is 6.06. The lowest BCUT2D eigenvalue weighted by Gasteiger charge is -2.09. The average molecular weight is 412 g/mol. The van der Waals surface area contributed by atoms with Crippen molar-refractivity contribution < 1.29 is 18.3 Å². The number of nitrogens with zero attached hydrogens (tertiary/aromatic N) is 4. The Hall–Kier alpha value is -2.78. The van der Waals surface area contributed by atoms with Crippen molar-refractivity contribution >= 4 is 18.3 Å². The predicted octanol–water partition coefficient (Wildman–Crippen LogP) is 2.70. The van der Waals surface area contributed by atoms with Gasteiger partial charge in [0.25, 0.3) is 5.91 Å². The second kappa shape index (κ2) is 8.49. The van der Waals surface area contributed by atoms with Gasteiger partial charge in [0.05, 0.1) is 30.7 Å². The first-order valence-corrected chi connectivity index (χ1v) is 8.18. The van der Waals surface area contributed by atoms with Crippen LogP contribution in [0, 0.1) is 18.6 Å². The van der Waals surface area contributed by atoms with E-state index in [1.54, 1.807) is 24.9 Å². The zero-order valence-corrected chi connectivity index (χ0v) is 16.4. The molecule has 0 spiro atoms. The molecule has 10 heteroatoms. The van der Waals surface area contributed by atoms with Crippen molar-refractivity contribution in [3.8, 4) is 22.4 Å². The van der Waals surface area contributed by atoms with Gasteiger partial charge in [-0.2, -0.15) is 5.10 Å². The van der Waals surface area contributed by atoms with Crippen LogP contribution >= 0.6 is 12.4 Å². The van der Waals surface area contributed by atoms with E-state index in [0.717, 1.165) is 0 Å². The van der Waals surface area contributed by atoms with Crippen LogP contribution in [0.4, 0.5) is 8.78 Å². The maximum absolute atomic E-state index is 14.8. The lowest BCUT2D eigenvalue weighted by molar-refractivity contribution is 0.0987. The molecule has 3 rings (SSSR count). The van der Waals surface area contributed by atoms with Gasteiger partial charge in [-0.3, -0.25) is 9.48 Å². The molecule has 2 N–H and O–H groups in total. The first kappa shape index (κ1) is 21.5. The highest BCUT2D eigenvalue weighted by molar-refractivity contribution is 5.90. The van der Waals surface area contributed by atoms with E-state index in [0.29, 0.717) is 24.4 Å². The van der Waals surface area contributed by atoms with Crippen LogP contribution in [0.3, 0.4) is 0 Å². The van der Waals surface area contributed by atoms with Gasteiger partial charge in [-0.15, -0.1) is 12.4 Å². The van der Waals surface area contributed by atoms with E-state index < -0.39 is 17.5 Å². The number of hydrogen-bond donors (Lipinski definition) is 1. The molecule has 2 aromatic heterocycles. The molecule has 1 amide bonds. The number of amides is 1. The van der Waals surface area contributed by atoms with Crippen LogP contribution in [-0.2, 0) is 18.3 Å². The zero-order valence-electron chi connectivity index (χ0n) is 15.6. The Bertz CT molecular complexity index is 1020. The molecule has 7 nitrogen and oxygen atoms in total. The van der Waals surface area contributed by atoms with Crippen molar-refractivity contribution in [1.82, 2.24) is 19.3 Å². The van der Waals surface area contributed by atoms with E-state index in [1.165, 1.54) is 29.9 Å². The lowest BCUT2D eigenvalue weighted by atomic mass is 10.0. The van der Waals surface area contributed by atoms with Gasteiger partial charge in [-0.1, -0.05) is 6.07 Å². The third-order valence-electron chi connectivity index (χ3n) is 4.33. The Kier molecular flexibility index (Phi) is 6.52. The van der Waals surface area contributed by atoms with E-state index in [4.69, 9.17) is 10.5 Å². The van der Waals surface area contributed by atoms with E-state index >= 15 is 0 Å². The lowest BCUT2D eigenvalue weighted by Crippen LogP contribution is -2.17. The van der Waals surface area contributed by atoms with Gasteiger partial charge in [0, 0.05) is 37.0 Å². The summed E-state index contributed by atoms with van der Waals surface area (Å²) in [4.78, 5) is 15.2. The summed E-state index contributed by atoms with van der Waals surface area (Å²) in [6.45, 7) is 2.69. The van der Waals surface area contributed by atoms with Gasteiger partial charge in [0.15, 0.2) is 17.5 Å². The number of nitrogens with two attached hydrogens (primary N) is 1. The molecule has 0 aliphatic carbocycles. The predicted molar refractivity (Wildman–Crippen MR) is 102 cm³/mol. The summed E-state index contributed by atoms with van der Waals surface area (Å²) < 4.78 is 37.6. The number of aryl methyl sites for hydroxylation is 1. The number of methoxy groups -OCH3 is 1. The Labute approximate surface area is 166 Å². The number of imidazole rings is 1. The number of halogens is 3. The molecule has 0 aliphatic rings. The van der Waals surface area contributed by atoms with E-state index in [9.17, 15) is 13.6 Å². The highest BCUT2D eigenvalue weighted by Crippen LogP contribution is 2.32. The smallest absolute Gasteiger partial charge is 0.284 e. The number of primary amides is 1. The van der Waals surface area contributed by atoms with E-state index in [1.807, 2.05) is 0 Å². The van der Waals surface area contributed by atoms with Gasteiger partial charge in [-0.25, -0.2) is 13.8 Å². The Balaban J connectivity index is 0.00000280. The maximum Gasteiger partial charge on any atom is 0.284 e. The van der Waals surface area contributed by atoms with Crippen LogP contribution in [0.2, 0.25) is 0 Å². The fraction of sp³-hybridized carbons (Fsp3) is 0.278. The van der Waals surface area contributed by atoms with Gasteiger partial charge < -0.3 is 15.0 Å². The standard InChI is InChI=1S/C18H19F2N5O2.ClH/c1-10-13(9-25(23-10)6-7-27-3)11-4-5-12(16(20)15(11)19)14-8-22-18(17(21)26)24(14)2;/h4-5,8-9H,6-7H2,1-3H3,(H2,21,26);1H. The Morgan fingerprint density at radius 3 is 2.46 bits per heavy atom. The van der Waals surface area contributed by atoms with Crippen molar-refractivity contribution in [1.29, 1.82) is 0 Å². The zero-order chi connectivity index (χ0) is 19.7. The minimum Gasteiger partial charge on any atom is -0.383 e.